The van der Waals surface area contributed by atoms with Crippen LogP contribution in [-0.2, 0) is 21.9 Å². The predicted octanol–water partition coefficient (Wildman–Crippen LogP) is 3.22. The summed E-state index contributed by atoms with van der Waals surface area (Å²) in [5.41, 5.74) is -3.90. The summed E-state index contributed by atoms with van der Waals surface area (Å²) in [6.45, 7) is 1.40. The summed E-state index contributed by atoms with van der Waals surface area (Å²) in [6.07, 6.45) is -8.88. The average molecular weight is 411 g/mol. The molecule has 1 fully saturated rings. The first-order valence-corrected chi connectivity index (χ1v) is 8.35. The number of alkyl halides is 6. The fourth-order valence-electron chi connectivity index (χ4n) is 2.92. The van der Waals surface area contributed by atoms with Crippen LogP contribution in [0.4, 0.5) is 32.0 Å². The Labute approximate surface area is 157 Å². The number of amides is 2. The van der Waals surface area contributed by atoms with E-state index in [0.717, 1.165) is 0 Å². The van der Waals surface area contributed by atoms with Crippen LogP contribution in [0, 0.1) is 0 Å². The van der Waals surface area contributed by atoms with Gasteiger partial charge in [-0.3, -0.25) is 9.59 Å². The number of hydrogen-bond donors (Lipinski definition) is 1. The summed E-state index contributed by atoms with van der Waals surface area (Å²) in [5, 5.41) is 1.85. The van der Waals surface area contributed by atoms with Crippen molar-refractivity contribution in [2.24, 2.45) is 0 Å². The van der Waals surface area contributed by atoms with Gasteiger partial charge in [0.15, 0.2) is 0 Å². The Morgan fingerprint density at radius 1 is 1.00 bits per heavy atom. The van der Waals surface area contributed by atoms with Gasteiger partial charge in [-0.05, 0) is 51.2 Å². The Hall–Kier alpha value is -2.30. The van der Waals surface area contributed by atoms with Crippen molar-refractivity contribution in [1.29, 1.82) is 0 Å². The maximum atomic E-state index is 12.9. The summed E-state index contributed by atoms with van der Waals surface area (Å²) < 4.78 is 77.3. The molecule has 0 aliphatic carbocycles. The van der Waals surface area contributed by atoms with Gasteiger partial charge in [-0.25, -0.2) is 0 Å². The lowest BCUT2D eigenvalue weighted by molar-refractivity contribution is -0.144. The van der Waals surface area contributed by atoms with Gasteiger partial charge in [0.05, 0.1) is 11.1 Å². The summed E-state index contributed by atoms with van der Waals surface area (Å²) in [5.74, 6) is -2.32. The Kier molecular flexibility index (Phi) is 6.27. The largest absolute Gasteiger partial charge is 0.416 e. The molecule has 1 aromatic rings. The number of nitrogens with one attached hydrogen (secondary N) is 1. The highest BCUT2D eigenvalue weighted by Crippen LogP contribution is 2.37. The first-order chi connectivity index (χ1) is 12.8. The van der Waals surface area contributed by atoms with Crippen molar-refractivity contribution in [3.8, 4) is 0 Å². The molecule has 0 unspecified atom stereocenters. The second-order valence-corrected chi connectivity index (χ2v) is 6.70. The number of nitrogens with zero attached hydrogens (tertiary/aromatic N) is 2. The molecule has 1 N–H and O–H groups in total. The number of carbonyl (C=O) groups excluding carboxylic acids is 2. The van der Waals surface area contributed by atoms with Gasteiger partial charge in [0.2, 0.25) is 0 Å². The Morgan fingerprint density at radius 2 is 1.46 bits per heavy atom. The number of benzene rings is 1. The lowest BCUT2D eigenvalue weighted by atomic mass is 10.0. The van der Waals surface area contributed by atoms with E-state index in [-0.39, 0.29) is 12.1 Å². The van der Waals surface area contributed by atoms with Crippen molar-refractivity contribution >= 4 is 17.5 Å². The monoisotopic (exact) mass is 411 g/mol. The molecule has 28 heavy (non-hydrogen) atoms. The molecule has 0 atom stereocenters. The number of halogens is 6. The lowest BCUT2D eigenvalue weighted by Gasteiger charge is -2.34. The number of likely N-dealkylation sites (tertiary alicyclic amines) is 1. The number of carbonyl (C=O) groups is 2. The minimum Gasteiger partial charge on any atom is -0.334 e. The van der Waals surface area contributed by atoms with Crippen LogP contribution in [-0.4, -0.2) is 54.8 Å². The highest BCUT2D eigenvalue weighted by molar-refractivity contribution is 6.39. The van der Waals surface area contributed by atoms with E-state index in [1.807, 2.05) is 17.3 Å². The molecular weight excluding hydrogens is 392 g/mol. The van der Waals surface area contributed by atoms with Gasteiger partial charge in [0, 0.05) is 18.8 Å². The molecule has 0 radical (unpaired) electrons. The van der Waals surface area contributed by atoms with Gasteiger partial charge < -0.3 is 15.1 Å². The van der Waals surface area contributed by atoms with Crippen molar-refractivity contribution in [1.82, 2.24) is 9.80 Å². The van der Waals surface area contributed by atoms with Crippen LogP contribution in [0.15, 0.2) is 18.2 Å². The van der Waals surface area contributed by atoms with E-state index in [4.69, 9.17) is 0 Å². The van der Waals surface area contributed by atoms with Gasteiger partial charge in [-0.1, -0.05) is 0 Å². The molecule has 1 aromatic carbocycles. The topological polar surface area (TPSA) is 52.7 Å². The second kappa shape index (κ2) is 7.98. The molecule has 0 spiro atoms. The summed E-state index contributed by atoms with van der Waals surface area (Å²) in [4.78, 5) is 27.6. The number of anilines is 1. The molecule has 0 saturated carbocycles. The molecule has 1 saturated heterocycles. The number of hydrogen-bond acceptors (Lipinski definition) is 3. The van der Waals surface area contributed by atoms with Crippen LogP contribution in [0.1, 0.15) is 24.0 Å². The normalized spacial score (nSPS) is 16.7. The molecule has 0 bridgehead atoms. The number of rotatable bonds is 2. The van der Waals surface area contributed by atoms with Crippen molar-refractivity contribution in [2.75, 3.05) is 32.5 Å². The maximum absolute atomic E-state index is 12.9. The molecule has 1 aliphatic heterocycles. The quantitative estimate of drug-likeness (QED) is 0.601. The summed E-state index contributed by atoms with van der Waals surface area (Å²) in [7, 11) is 3.28. The zero-order valence-corrected chi connectivity index (χ0v) is 15.1. The zero-order chi connectivity index (χ0) is 21.3. The van der Waals surface area contributed by atoms with Crippen LogP contribution in [0.2, 0.25) is 0 Å². The third kappa shape index (κ3) is 5.37. The Morgan fingerprint density at radius 3 is 1.89 bits per heavy atom. The average Bonchev–Trinajstić information content (AvgIpc) is 2.59. The second-order valence-electron chi connectivity index (χ2n) is 6.70. The van der Waals surface area contributed by atoms with Crippen molar-refractivity contribution in [3.63, 3.8) is 0 Å². The van der Waals surface area contributed by atoms with Crippen LogP contribution in [0.5, 0.6) is 0 Å². The lowest BCUT2D eigenvalue weighted by Crippen LogP contribution is -2.47. The Bertz CT molecular complexity index is 707. The zero-order valence-electron chi connectivity index (χ0n) is 15.1. The highest BCUT2D eigenvalue weighted by atomic mass is 19.4. The molecule has 1 heterocycles. The number of piperidine rings is 1. The maximum Gasteiger partial charge on any atom is 0.416 e. The van der Waals surface area contributed by atoms with E-state index in [9.17, 15) is 35.9 Å². The summed E-state index contributed by atoms with van der Waals surface area (Å²) >= 11 is 0. The van der Waals surface area contributed by atoms with Crippen LogP contribution in [0.25, 0.3) is 0 Å². The molecule has 5 nitrogen and oxygen atoms in total. The van der Waals surface area contributed by atoms with Gasteiger partial charge >= 0.3 is 24.2 Å². The van der Waals surface area contributed by atoms with E-state index in [0.29, 0.717) is 38.1 Å². The van der Waals surface area contributed by atoms with Gasteiger partial charge in [0.25, 0.3) is 0 Å². The van der Waals surface area contributed by atoms with Crippen molar-refractivity contribution in [3.05, 3.63) is 29.3 Å². The molecule has 2 amide bonds. The molecular formula is C17H19F6N3O2. The standard InChI is InChI=1S/C17H19F6N3O2/c1-25-5-3-13(4-6-25)26(2)15(28)14(27)24-12-8-10(16(18,19)20)7-11(9-12)17(21,22)23/h7-9,13H,3-6H2,1-2H3,(H,24,27). The van der Waals surface area contributed by atoms with Gasteiger partial charge in [0.1, 0.15) is 0 Å². The van der Waals surface area contributed by atoms with E-state index in [1.54, 1.807) is 0 Å². The summed E-state index contributed by atoms with van der Waals surface area (Å²) in [6, 6.07) is 0.426. The van der Waals surface area contributed by atoms with Crippen molar-refractivity contribution in [2.45, 2.75) is 31.2 Å². The molecule has 156 valence electrons. The minimum absolute atomic E-state index is 0.0534. The molecule has 1 aliphatic rings. The molecule has 0 aromatic heterocycles. The minimum atomic E-state index is -5.05. The van der Waals surface area contributed by atoms with E-state index in [1.165, 1.54) is 11.9 Å². The first kappa shape index (κ1) is 22.0. The SMILES string of the molecule is CN1CCC(N(C)C(=O)C(=O)Nc2cc(C(F)(F)F)cc(C(F)(F)F)c2)CC1. The third-order valence-electron chi connectivity index (χ3n) is 4.60. The third-order valence-corrected chi connectivity index (χ3v) is 4.60. The fourth-order valence-corrected chi connectivity index (χ4v) is 2.92. The molecule has 2 rings (SSSR count). The highest BCUT2D eigenvalue weighted by Gasteiger charge is 2.37. The predicted molar refractivity (Wildman–Crippen MR) is 88.4 cm³/mol. The van der Waals surface area contributed by atoms with Crippen LogP contribution < -0.4 is 5.32 Å². The van der Waals surface area contributed by atoms with Crippen LogP contribution >= 0.6 is 0 Å². The fraction of sp³-hybridized carbons (Fsp3) is 0.529. The molecule has 11 heteroatoms. The number of likely N-dealkylation sites (N-methyl/N-ethyl adjacent to an activating group) is 1. The first-order valence-electron chi connectivity index (χ1n) is 8.35. The van der Waals surface area contributed by atoms with Crippen molar-refractivity contribution < 1.29 is 35.9 Å². The van der Waals surface area contributed by atoms with Gasteiger partial charge in [-0.2, -0.15) is 26.3 Å². The Balaban J connectivity index is 2.19. The van der Waals surface area contributed by atoms with Crippen LogP contribution in [0.3, 0.4) is 0 Å². The van der Waals surface area contributed by atoms with Gasteiger partial charge in [-0.15, -0.1) is 0 Å². The van der Waals surface area contributed by atoms with E-state index in [2.05, 4.69) is 0 Å². The van der Waals surface area contributed by atoms with E-state index >= 15 is 0 Å². The van der Waals surface area contributed by atoms with E-state index < -0.39 is 41.0 Å². The smallest absolute Gasteiger partial charge is 0.334 e.